The van der Waals surface area contributed by atoms with Gasteiger partial charge in [0.2, 0.25) is 0 Å². The van der Waals surface area contributed by atoms with Gasteiger partial charge in [-0.05, 0) is 0 Å². The lowest BCUT2D eigenvalue weighted by Gasteiger charge is -2.18. The highest BCUT2D eigenvalue weighted by Crippen LogP contribution is 2.24. The van der Waals surface area contributed by atoms with Crippen molar-refractivity contribution >= 4 is 29.3 Å². The molecule has 0 N–H and O–H groups in total. The molecule has 0 spiro atoms. The Morgan fingerprint density at radius 1 is 1.64 bits per heavy atom. The maximum absolute atomic E-state index is 11.2. The van der Waals surface area contributed by atoms with E-state index in [4.69, 9.17) is 4.74 Å². The van der Waals surface area contributed by atoms with Gasteiger partial charge in [0.25, 0.3) is 0 Å². The number of carbonyl (C=O) groups excluding carboxylic acids is 1. The third-order valence-electron chi connectivity index (χ3n) is 1.46. The molecule has 0 aliphatic carbocycles. The van der Waals surface area contributed by atoms with Crippen LogP contribution in [0.5, 0.6) is 0 Å². The van der Waals surface area contributed by atoms with E-state index in [0.29, 0.717) is 0 Å². The average molecular weight is 192 g/mol. The molecule has 1 saturated heterocycles. The van der Waals surface area contributed by atoms with E-state index < -0.39 is 0 Å². The van der Waals surface area contributed by atoms with Crippen LogP contribution in [0.3, 0.4) is 0 Å². The van der Waals surface area contributed by atoms with Gasteiger partial charge in [-0.1, -0.05) is 0 Å². The molecule has 1 atom stereocenters. The lowest BCUT2D eigenvalue weighted by atomic mass is 10.3. The van der Waals surface area contributed by atoms with Gasteiger partial charge in [-0.2, -0.15) is 11.8 Å². The second-order valence-corrected chi connectivity index (χ2v) is 4.79. The Kier molecular flexibility index (Phi) is 4.33. The first kappa shape index (κ1) is 9.42. The quantitative estimate of drug-likeness (QED) is 0.667. The Morgan fingerprint density at radius 3 is 3.00 bits per heavy atom. The zero-order valence-corrected chi connectivity index (χ0v) is 8.17. The second kappa shape index (κ2) is 5.06. The SMILES string of the molecule is COCC(=O)C1CSCCS1. The Hall–Kier alpha value is 0.330. The second-order valence-electron chi connectivity index (χ2n) is 2.33. The molecule has 1 aliphatic heterocycles. The molecule has 0 aromatic heterocycles. The highest BCUT2D eigenvalue weighted by atomic mass is 32.2. The fraction of sp³-hybridized carbons (Fsp3) is 0.857. The van der Waals surface area contributed by atoms with Gasteiger partial charge in [-0.25, -0.2) is 0 Å². The summed E-state index contributed by atoms with van der Waals surface area (Å²) < 4.78 is 4.78. The van der Waals surface area contributed by atoms with Crippen LogP contribution in [0.25, 0.3) is 0 Å². The van der Waals surface area contributed by atoms with E-state index in [1.165, 1.54) is 5.75 Å². The molecule has 0 aromatic carbocycles. The summed E-state index contributed by atoms with van der Waals surface area (Å²) in [7, 11) is 1.57. The lowest BCUT2D eigenvalue weighted by molar-refractivity contribution is -0.121. The number of rotatable bonds is 3. The van der Waals surface area contributed by atoms with E-state index in [1.54, 1.807) is 18.9 Å². The molecule has 0 bridgehead atoms. The van der Waals surface area contributed by atoms with Gasteiger partial charge in [0.15, 0.2) is 5.78 Å². The van der Waals surface area contributed by atoms with Crippen molar-refractivity contribution in [3.05, 3.63) is 0 Å². The zero-order chi connectivity index (χ0) is 8.10. The topological polar surface area (TPSA) is 26.3 Å². The van der Waals surface area contributed by atoms with Crippen molar-refractivity contribution in [1.29, 1.82) is 0 Å². The summed E-state index contributed by atoms with van der Waals surface area (Å²) in [5, 5.41) is 0.189. The maximum atomic E-state index is 11.2. The normalized spacial score (nSPS) is 25.0. The predicted octanol–water partition coefficient (Wildman–Crippen LogP) is 1.05. The van der Waals surface area contributed by atoms with Crippen LogP contribution in [0.4, 0.5) is 0 Å². The molecule has 11 heavy (non-hydrogen) atoms. The molecule has 1 rings (SSSR count). The predicted molar refractivity (Wildman–Crippen MR) is 50.5 cm³/mol. The van der Waals surface area contributed by atoms with E-state index in [2.05, 4.69) is 0 Å². The van der Waals surface area contributed by atoms with Crippen LogP contribution in [0, 0.1) is 0 Å². The third-order valence-corrected chi connectivity index (χ3v) is 4.26. The maximum Gasteiger partial charge on any atom is 0.172 e. The van der Waals surface area contributed by atoms with Gasteiger partial charge in [0, 0.05) is 24.4 Å². The van der Waals surface area contributed by atoms with Crippen LogP contribution in [0.15, 0.2) is 0 Å². The van der Waals surface area contributed by atoms with Crippen molar-refractivity contribution in [3.8, 4) is 0 Å². The standard InChI is InChI=1S/C7H12O2S2/c1-9-4-6(8)7-5-10-2-3-11-7/h7H,2-5H2,1H3. The first-order valence-electron chi connectivity index (χ1n) is 3.55. The molecule has 0 amide bonds. The number of methoxy groups -OCH3 is 1. The molecule has 0 aromatic rings. The summed E-state index contributed by atoms with van der Waals surface area (Å²) >= 11 is 3.62. The highest BCUT2D eigenvalue weighted by Gasteiger charge is 2.21. The summed E-state index contributed by atoms with van der Waals surface area (Å²) in [6.45, 7) is 0.276. The van der Waals surface area contributed by atoms with Crippen LogP contribution < -0.4 is 0 Å². The van der Waals surface area contributed by atoms with Crippen molar-refractivity contribution in [1.82, 2.24) is 0 Å². The minimum absolute atomic E-state index is 0.189. The molecule has 1 aliphatic rings. The Balaban J connectivity index is 2.27. The number of ether oxygens (including phenoxy) is 1. The van der Waals surface area contributed by atoms with Gasteiger partial charge in [0.05, 0.1) is 5.25 Å². The minimum Gasteiger partial charge on any atom is -0.377 e. The van der Waals surface area contributed by atoms with Crippen molar-refractivity contribution in [3.63, 3.8) is 0 Å². The molecule has 64 valence electrons. The number of carbonyl (C=O) groups is 1. The Bertz CT molecular complexity index is 132. The van der Waals surface area contributed by atoms with E-state index in [9.17, 15) is 4.79 Å². The molecule has 0 saturated carbocycles. The van der Waals surface area contributed by atoms with Gasteiger partial charge in [0.1, 0.15) is 6.61 Å². The number of ketones is 1. The van der Waals surface area contributed by atoms with E-state index in [0.717, 1.165) is 11.5 Å². The molecule has 1 unspecified atom stereocenters. The van der Waals surface area contributed by atoms with Crippen LogP contribution in [0.1, 0.15) is 0 Å². The lowest BCUT2D eigenvalue weighted by Crippen LogP contribution is -2.27. The van der Waals surface area contributed by atoms with E-state index >= 15 is 0 Å². The number of Topliss-reactive ketones (excluding diaryl/α,β-unsaturated/α-hetero) is 1. The molecule has 1 heterocycles. The Morgan fingerprint density at radius 2 is 2.45 bits per heavy atom. The van der Waals surface area contributed by atoms with Crippen molar-refractivity contribution < 1.29 is 9.53 Å². The van der Waals surface area contributed by atoms with Crippen molar-refractivity contribution in [2.24, 2.45) is 0 Å². The number of hydrogen-bond acceptors (Lipinski definition) is 4. The zero-order valence-electron chi connectivity index (χ0n) is 6.54. The smallest absolute Gasteiger partial charge is 0.172 e. The van der Waals surface area contributed by atoms with Crippen LogP contribution in [-0.2, 0) is 9.53 Å². The summed E-state index contributed by atoms with van der Waals surface area (Å²) in [6.07, 6.45) is 0. The molecule has 1 fully saturated rings. The summed E-state index contributed by atoms with van der Waals surface area (Å²) in [5.41, 5.74) is 0. The first-order valence-corrected chi connectivity index (χ1v) is 5.76. The average Bonchev–Trinajstić information content (AvgIpc) is 2.07. The van der Waals surface area contributed by atoms with Crippen molar-refractivity contribution in [2.75, 3.05) is 31.0 Å². The van der Waals surface area contributed by atoms with E-state index in [-0.39, 0.29) is 17.6 Å². The molecule has 2 nitrogen and oxygen atoms in total. The summed E-state index contributed by atoms with van der Waals surface area (Å²) in [4.78, 5) is 11.2. The highest BCUT2D eigenvalue weighted by molar-refractivity contribution is 8.07. The van der Waals surface area contributed by atoms with Gasteiger partial charge in [-0.3, -0.25) is 4.79 Å². The first-order chi connectivity index (χ1) is 5.34. The monoisotopic (exact) mass is 192 g/mol. The fourth-order valence-electron chi connectivity index (χ4n) is 0.909. The largest absolute Gasteiger partial charge is 0.377 e. The molecule has 0 radical (unpaired) electrons. The molecule has 4 heteroatoms. The summed E-state index contributed by atoms with van der Waals surface area (Å²) in [6, 6.07) is 0. The number of thioether (sulfide) groups is 2. The summed E-state index contributed by atoms with van der Waals surface area (Å²) in [5.74, 6) is 3.49. The number of hydrogen-bond donors (Lipinski definition) is 0. The van der Waals surface area contributed by atoms with Crippen molar-refractivity contribution in [2.45, 2.75) is 5.25 Å². The van der Waals surface area contributed by atoms with Gasteiger partial charge >= 0.3 is 0 Å². The molecular formula is C7H12O2S2. The van der Waals surface area contributed by atoms with Crippen LogP contribution >= 0.6 is 23.5 Å². The fourth-order valence-corrected chi connectivity index (χ4v) is 3.54. The van der Waals surface area contributed by atoms with Crippen LogP contribution in [0.2, 0.25) is 0 Å². The third kappa shape index (κ3) is 3.05. The van der Waals surface area contributed by atoms with Gasteiger partial charge in [-0.15, -0.1) is 11.8 Å². The molecular weight excluding hydrogens is 180 g/mol. The minimum atomic E-state index is 0.189. The van der Waals surface area contributed by atoms with Crippen LogP contribution in [-0.4, -0.2) is 42.0 Å². The van der Waals surface area contributed by atoms with E-state index in [1.807, 2.05) is 11.8 Å². The Labute approximate surface area is 75.4 Å². The van der Waals surface area contributed by atoms with Gasteiger partial charge < -0.3 is 4.74 Å².